The number of aliphatic hydroxyl groups excluding tert-OH is 1. The van der Waals surface area contributed by atoms with Crippen molar-refractivity contribution >= 4 is 15.0 Å². The first kappa shape index (κ1) is 13.0. The Kier molecular flexibility index (Phi) is 3.56. The molecule has 1 fully saturated rings. The Balaban J connectivity index is 2.26. The summed E-state index contributed by atoms with van der Waals surface area (Å²) in [5, 5.41) is 8.86. The molecule has 0 amide bonds. The van der Waals surface area contributed by atoms with Gasteiger partial charge < -0.3 is 5.11 Å². The lowest BCUT2D eigenvalue weighted by molar-refractivity contribution is -0.140. The predicted octanol–water partition coefficient (Wildman–Crippen LogP) is 2.20. The van der Waals surface area contributed by atoms with E-state index < -0.39 is 0 Å². The van der Waals surface area contributed by atoms with Crippen molar-refractivity contribution in [3.63, 3.8) is 0 Å². The lowest BCUT2D eigenvalue weighted by Gasteiger charge is -2.44. The summed E-state index contributed by atoms with van der Waals surface area (Å²) in [6.07, 6.45) is 3.76. The molecule has 0 aliphatic heterocycles. The first-order valence-corrected chi connectivity index (χ1v) is 6.94. The molecule has 2 unspecified atom stereocenters. The van der Waals surface area contributed by atoms with Crippen LogP contribution in [0.5, 0.6) is 0 Å². The van der Waals surface area contributed by atoms with Crippen LogP contribution in [0.25, 0.3) is 0 Å². The van der Waals surface area contributed by atoms with Gasteiger partial charge in [0.15, 0.2) is 0 Å². The molecule has 0 spiro atoms. The Hall–Kier alpha value is -0.460. The Morgan fingerprint density at radius 3 is 2.71 bits per heavy atom. The molecule has 0 saturated heterocycles. The molecule has 1 saturated carbocycles. The van der Waals surface area contributed by atoms with Crippen molar-refractivity contribution in [1.29, 1.82) is 0 Å². The summed E-state index contributed by atoms with van der Waals surface area (Å²) in [6, 6.07) is 0. The van der Waals surface area contributed by atoms with Gasteiger partial charge in [-0.05, 0) is 30.0 Å². The third-order valence-electron chi connectivity index (χ3n) is 4.39. The number of hydrogen-bond acceptors (Lipinski definition) is 2. The van der Waals surface area contributed by atoms with E-state index in [1.807, 2.05) is 6.08 Å². The summed E-state index contributed by atoms with van der Waals surface area (Å²) in [7, 11) is 2.77. The lowest BCUT2D eigenvalue weighted by Crippen LogP contribution is -2.51. The molecule has 94 valence electrons. The minimum absolute atomic E-state index is 0.0657. The largest absolute Gasteiger partial charge is 0.392 e. The van der Waals surface area contributed by atoms with Gasteiger partial charge in [0.25, 0.3) is 0 Å². The van der Waals surface area contributed by atoms with Gasteiger partial charge in [0.1, 0.15) is 5.78 Å². The highest BCUT2D eigenvalue weighted by Gasteiger charge is 2.57. The highest BCUT2D eigenvalue weighted by molar-refractivity contribution is 7.17. The van der Waals surface area contributed by atoms with Crippen molar-refractivity contribution in [1.82, 2.24) is 0 Å². The minimum Gasteiger partial charge on any atom is -0.392 e. The van der Waals surface area contributed by atoms with E-state index in [2.05, 4.69) is 30.0 Å². The van der Waals surface area contributed by atoms with Crippen molar-refractivity contribution < 1.29 is 9.90 Å². The van der Waals surface area contributed by atoms with Gasteiger partial charge in [0.05, 0.1) is 6.61 Å². The van der Waals surface area contributed by atoms with Gasteiger partial charge in [0, 0.05) is 11.8 Å². The van der Waals surface area contributed by atoms with Crippen LogP contribution < -0.4 is 0 Å². The van der Waals surface area contributed by atoms with Crippen LogP contribution in [0, 0.1) is 23.7 Å². The molecule has 0 aromatic heterocycles. The number of ketones is 1. The van der Waals surface area contributed by atoms with Crippen LogP contribution in [0.4, 0.5) is 0 Å². The molecule has 6 atom stereocenters. The van der Waals surface area contributed by atoms with Gasteiger partial charge in [-0.15, -0.1) is 9.24 Å². The maximum Gasteiger partial charge on any atom is 0.144 e. The molecule has 2 nitrogen and oxygen atoms in total. The zero-order chi connectivity index (χ0) is 12.7. The van der Waals surface area contributed by atoms with Gasteiger partial charge in [-0.1, -0.05) is 31.6 Å². The highest BCUT2D eigenvalue weighted by Crippen LogP contribution is 2.56. The molecule has 3 heteroatoms. The van der Waals surface area contributed by atoms with Crippen LogP contribution in [0.15, 0.2) is 23.3 Å². The summed E-state index contributed by atoms with van der Waals surface area (Å²) >= 11 is 0. The second kappa shape index (κ2) is 4.66. The van der Waals surface area contributed by atoms with E-state index in [-0.39, 0.29) is 18.4 Å². The van der Waals surface area contributed by atoms with Crippen LogP contribution in [-0.4, -0.2) is 23.2 Å². The number of aliphatic hydroxyl groups is 1. The van der Waals surface area contributed by atoms with E-state index in [4.69, 9.17) is 5.11 Å². The van der Waals surface area contributed by atoms with E-state index in [0.29, 0.717) is 23.3 Å². The van der Waals surface area contributed by atoms with Crippen LogP contribution in [-0.2, 0) is 4.79 Å². The number of fused-ring (bicyclic) bond motifs is 1. The molecule has 0 bridgehead atoms. The molecule has 0 radical (unpaired) electrons. The van der Waals surface area contributed by atoms with Gasteiger partial charge in [0.2, 0.25) is 0 Å². The number of carbonyl (C=O) groups excluding carboxylic acids is 1. The monoisotopic (exact) mass is 252 g/mol. The van der Waals surface area contributed by atoms with Crippen molar-refractivity contribution in [2.24, 2.45) is 23.7 Å². The maximum absolute atomic E-state index is 12.1. The van der Waals surface area contributed by atoms with Crippen molar-refractivity contribution in [3.05, 3.63) is 23.3 Å². The Morgan fingerprint density at radius 1 is 1.53 bits per heavy atom. The molecule has 1 N–H and O–H groups in total. The standard InChI is InChI=1S/C14H21O2P/c1-7-10(5-4-6-15)8(2)12-11(7)13(9(3)17)14(12)16/h4-5,7,9,11-13,15H,6,17H2,1-3H3/b5-4+/t7-,9+,11-,12?,13+/m0/s1. The topological polar surface area (TPSA) is 37.3 Å². The number of rotatable bonds is 3. The van der Waals surface area contributed by atoms with Crippen LogP contribution >= 0.6 is 9.24 Å². The summed E-state index contributed by atoms with van der Waals surface area (Å²) in [6.45, 7) is 6.45. The van der Waals surface area contributed by atoms with E-state index in [0.717, 1.165) is 0 Å². The predicted molar refractivity (Wildman–Crippen MR) is 72.7 cm³/mol. The summed E-state index contributed by atoms with van der Waals surface area (Å²) < 4.78 is 0. The molecule has 0 aromatic carbocycles. The third kappa shape index (κ3) is 1.82. The zero-order valence-corrected chi connectivity index (χ0v) is 11.8. The number of carbonyl (C=O) groups is 1. The van der Waals surface area contributed by atoms with Gasteiger partial charge in [-0.25, -0.2) is 0 Å². The third-order valence-corrected chi connectivity index (χ3v) is 4.81. The normalized spacial score (nSPS) is 38.5. The van der Waals surface area contributed by atoms with E-state index in [1.165, 1.54) is 11.1 Å². The molecule has 0 aromatic rings. The van der Waals surface area contributed by atoms with Crippen LogP contribution in [0.2, 0.25) is 0 Å². The van der Waals surface area contributed by atoms with E-state index in [1.54, 1.807) is 6.08 Å². The van der Waals surface area contributed by atoms with Crippen LogP contribution in [0.3, 0.4) is 0 Å². The van der Waals surface area contributed by atoms with Crippen LogP contribution in [0.1, 0.15) is 20.8 Å². The Bertz CT molecular complexity index is 395. The van der Waals surface area contributed by atoms with Crippen molar-refractivity contribution in [2.45, 2.75) is 26.4 Å². The fourth-order valence-corrected chi connectivity index (χ4v) is 4.04. The molecular formula is C14H21O2P. The zero-order valence-electron chi connectivity index (χ0n) is 10.7. The summed E-state index contributed by atoms with van der Waals surface area (Å²) in [5.41, 5.74) is 2.84. The molecule has 2 rings (SSSR count). The van der Waals surface area contributed by atoms with E-state index >= 15 is 0 Å². The fourth-order valence-electron chi connectivity index (χ4n) is 3.60. The minimum atomic E-state index is 0.0657. The summed E-state index contributed by atoms with van der Waals surface area (Å²) in [5.74, 6) is 1.68. The Labute approximate surface area is 105 Å². The second-order valence-corrected chi connectivity index (χ2v) is 6.41. The van der Waals surface area contributed by atoms with Crippen molar-refractivity contribution in [2.75, 3.05) is 6.61 Å². The molecular weight excluding hydrogens is 231 g/mol. The SMILES string of the molecule is CC1=C(/C=C/CO)[C@H](C)[C@H]2C1C(=O)[C@@H]2[C@@H](C)P. The number of hydrogen-bond donors (Lipinski definition) is 1. The number of Topliss-reactive ketones (excluding diaryl/α,β-unsaturated/α-hetero) is 1. The maximum atomic E-state index is 12.1. The first-order valence-electron chi connectivity index (χ1n) is 6.28. The summed E-state index contributed by atoms with van der Waals surface area (Å²) in [4.78, 5) is 12.1. The second-order valence-electron chi connectivity index (χ2n) is 5.35. The van der Waals surface area contributed by atoms with E-state index in [9.17, 15) is 4.79 Å². The highest BCUT2D eigenvalue weighted by atomic mass is 31.0. The van der Waals surface area contributed by atoms with Crippen molar-refractivity contribution in [3.8, 4) is 0 Å². The molecule has 2 aliphatic rings. The smallest absolute Gasteiger partial charge is 0.144 e. The average molecular weight is 252 g/mol. The van der Waals surface area contributed by atoms with Gasteiger partial charge >= 0.3 is 0 Å². The number of allylic oxidation sites excluding steroid dienone is 3. The molecule has 2 aliphatic carbocycles. The quantitative estimate of drug-likeness (QED) is 0.782. The average Bonchev–Trinajstić information content (AvgIpc) is 2.44. The van der Waals surface area contributed by atoms with Gasteiger partial charge in [-0.3, -0.25) is 4.79 Å². The first-order chi connectivity index (χ1) is 8.00. The molecule has 17 heavy (non-hydrogen) atoms. The fraction of sp³-hybridized carbons (Fsp3) is 0.643. The molecule has 0 heterocycles. The van der Waals surface area contributed by atoms with Gasteiger partial charge in [-0.2, -0.15) is 0 Å². The Morgan fingerprint density at radius 2 is 2.18 bits per heavy atom. The lowest BCUT2D eigenvalue weighted by atomic mass is 9.60.